The third-order valence-electron chi connectivity index (χ3n) is 5.85. The van der Waals surface area contributed by atoms with E-state index in [0.717, 1.165) is 55.6 Å². The molecule has 0 radical (unpaired) electrons. The first-order valence-electron chi connectivity index (χ1n) is 9.14. The number of fused-ring (bicyclic) bond motifs is 1. The minimum absolute atomic E-state index is 0.203. The molecule has 1 amide bonds. The zero-order chi connectivity index (χ0) is 16.6. The third kappa shape index (κ3) is 2.51. The summed E-state index contributed by atoms with van der Waals surface area (Å²) in [6, 6.07) is 8.10. The summed E-state index contributed by atoms with van der Waals surface area (Å²) in [6.07, 6.45) is 6.77. The molecule has 5 heteroatoms. The SMILES string of the molecule is Cn1c(CNC(=O)C2(N3CCCC3)CCCC2)nc2ccccc21. The first-order valence-corrected chi connectivity index (χ1v) is 9.14. The lowest BCUT2D eigenvalue weighted by atomic mass is 9.94. The molecular weight excluding hydrogens is 300 g/mol. The molecule has 2 heterocycles. The Kier molecular flexibility index (Phi) is 4.04. The predicted octanol–water partition coefficient (Wildman–Crippen LogP) is 2.60. The van der Waals surface area contributed by atoms with Crippen molar-refractivity contribution in [3.63, 3.8) is 0 Å². The Morgan fingerprint density at radius 1 is 1.17 bits per heavy atom. The fourth-order valence-corrected chi connectivity index (χ4v) is 4.47. The summed E-state index contributed by atoms with van der Waals surface area (Å²) >= 11 is 0. The van der Waals surface area contributed by atoms with Gasteiger partial charge in [-0.3, -0.25) is 9.69 Å². The van der Waals surface area contributed by atoms with E-state index in [9.17, 15) is 4.79 Å². The van der Waals surface area contributed by atoms with Crippen LogP contribution in [0.3, 0.4) is 0 Å². The summed E-state index contributed by atoms with van der Waals surface area (Å²) < 4.78 is 2.08. The molecule has 0 atom stereocenters. The zero-order valence-electron chi connectivity index (χ0n) is 14.4. The van der Waals surface area contributed by atoms with E-state index in [4.69, 9.17) is 0 Å². The van der Waals surface area contributed by atoms with Crippen LogP contribution in [0, 0.1) is 0 Å². The molecule has 5 nitrogen and oxygen atoms in total. The van der Waals surface area contributed by atoms with Crippen molar-refractivity contribution in [2.24, 2.45) is 7.05 Å². The standard InChI is InChI=1S/C19H26N4O/c1-22-16-9-3-2-8-15(16)21-17(22)14-20-18(24)19(10-4-5-11-19)23-12-6-7-13-23/h2-3,8-9H,4-7,10-14H2,1H3,(H,20,24). The van der Waals surface area contributed by atoms with Crippen LogP contribution >= 0.6 is 0 Å². The molecule has 1 aliphatic carbocycles. The third-order valence-corrected chi connectivity index (χ3v) is 5.85. The molecule has 0 bridgehead atoms. The fourth-order valence-electron chi connectivity index (χ4n) is 4.47. The number of hydrogen-bond acceptors (Lipinski definition) is 3. The number of hydrogen-bond donors (Lipinski definition) is 1. The van der Waals surface area contributed by atoms with E-state index in [0.29, 0.717) is 6.54 Å². The highest BCUT2D eigenvalue weighted by atomic mass is 16.2. The first-order chi connectivity index (χ1) is 11.7. The van der Waals surface area contributed by atoms with Crippen LogP contribution in [0.15, 0.2) is 24.3 Å². The van der Waals surface area contributed by atoms with E-state index in [1.807, 2.05) is 25.2 Å². The van der Waals surface area contributed by atoms with Gasteiger partial charge < -0.3 is 9.88 Å². The van der Waals surface area contributed by atoms with Gasteiger partial charge in [-0.25, -0.2) is 4.98 Å². The summed E-state index contributed by atoms with van der Waals surface area (Å²) in [6.45, 7) is 2.64. The van der Waals surface area contributed by atoms with E-state index in [1.165, 1.54) is 12.8 Å². The van der Waals surface area contributed by atoms with Crippen LogP contribution in [0.2, 0.25) is 0 Å². The molecule has 1 N–H and O–H groups in total. The first kappa shape index (κ1) is 15.6. The van der Waals surface area contributed by atoms with Gasteiger partial charge >= 0.3 is 0 Å². The van der Waals surface area contributed by atoms with Gasteiger partial charge in [-0.1, -0.05) is 25.0 Å². The summed E-state index contributed by atoms with van der Waals surface area (Å²) in [4.78, 5) is 20.2. The Morgan fingerprint density at radius 3 is 2.58 bits per heavy atom. The van der Waals surface area contributed by atoms with Gasteiger partial charge in [-0.05, 0) is 50.9 Å². The van der Waals surface area contributed by atoms with E-state index in [1.54, 1.807) is 0 Å². The van der Waals surface area contributed by atoms with E-state index in [2.05, 4.69) is 25.8 Å². The molecule has 0 unspecified atom stereocenters. The molecule has 2 aliphatic rings. The van der Waals surface area contributed by atoms with Gasteiger partial charge in [0.15, 0.2) is 0 Å². The van der Waals surface area contributed by atoms with Gasteiger partial charge in [0.05, 0.1) is 17.6 Å². The van der Waals surface area contributed by atoms with Gasteiger partial charge in [-0.15, -0.1) is 0 Å². The number of carbonyl (C=O) groups excluding carboxylic acids is 1. The minimum Gasteiger partial charge on any atom is -0.347 e. The monoisotopic (exact) mass is 326 g/mol. The highest BCUT2D eigenvalue weighted by Crippen LogP contribution is 2.37. The van der Waals surface area contributed by atoms with Gasteiger partial charge in [0.25, 0.3) is 0 Å². The molecular formula is C19H26N4O. The molecule has 1 aromatic heterocycles. The second kappa shape index (κ2) is 6.20. The van der Waals surface area contributed by atoms with Crippen LogP contribution in [0.5, 0.6) is 0 Å². The topological polar surface area (TPSA) is 50.2 Å². The summed E-state index contributed by atoms with van der Waals surface area (Å²) in [5.41, 5.74) is 1.83. The molecule has 24 heavy (non-hydrogen) atoms. The number of amides is 1. The van der Waals surface area contributed by atoms with Gasteiger partial charge in [0.2, 0.25) is 5.91 Å². The average Bonchev–Trinajstić information content (AvgIpc) is 3.34. The number of likely N-dealkylation sites (tertiary alicyclic amines) is 1. The predicted molar refractivity (Wildman–Crippen MR) is 94.6 cm³/mol. The molecule has 0 spiro atoms. The highest BCUT2D eigenvalue weighted by molar-refractivity contribution is 5.86. The van der Waals surface area contributed by atoms with Gasteiger partial charge in [0, 0.05) is 7.05 Å². The number of benzene rings is 1. The number of aryl methyl sites for hydroxylation is 1. The number of imidazole rings is 1. The zero-order valence-corrected chi connectivity index (χ0v) is 14.4. The molecule has 2 fully saturated rings. The summed E-state index contributed by atoms with van der Waals surface area (Å²) in [5, 5.41) is 3.20. The Morgan fingerprint density at radius 2 is 1.88 bits per heavy atom. The molecule has 2 aromatic rings. The van der Waals surface area contributed by atoms with Crippen molar-refractivity contribution >= 4 is 16.9 Å². The van der Waals surface area contributed by atoms with Crippen molar-refractivity contribution in [2.45, 2.75) is 50.6 Å². The number of nitrogens with one attached hydrogen (secondary N) is 1. The molecule has 128 valence electrons. The Labute approximate surface area is 143 Å². The Bertz CT molecular complexity index is 739. The number of para-hydroxylation sites is 2. The number of aromatic nitrogens is 2. The smallest absolute Gasteiger partial charge is 0.240 e. The van der Waals surface area contributed by atoms with Crippen LogP contribution in [0.1, 0.15) is 44.3 Å². The maximum Gasteiger partial charge on any atom is 0.240 e. The van der Waals surface area contributed by atoms with Crippen molar-refractivity contribution in [3.8, 4) is 0 Å². The maximum absolute atomic E-state index is 13.1. The normalized spacial score (nSPS) is 20.7. The quantitative estimate of drug-likeness (QED) is 0.939. The highest BCUT2D eigenvalue weighted by Gasteiger charge is 2.46. The second-order valence-electron chi connectivity index (χ2n) is 7.19. The lowest BCUT2D eigenvalue weighted by molar-refractivity contribution is -0.133. The van der Waals surface area contributed by atoms with Crippen LogP contribution in [-0.2, 0) is 18.4 Å². The van der Waals surface area contributed by atoms with Crippen molar-refractivity contribution in [1.29, 1.82) is 0 Å². The largest absolute Gasteiger partial charge is 0.347 e. The van der Waals surface area contributed by atoms with Crippen LogP contribution in [0.25, 0.3) is 11.0 Å². The van der Waals surface area contributed by atoms with Crippen molar-refractivity contribution in [3.05, 3.63) is 30.1 Å². The molecule has 1 aromatic carbocycles. The van der Waals surface area contributed by atoms with Crippen LogP contribution < -0.4 is 5.32 Å². The molecule has 1 saturated heterocycles. The van der Waals surface area contributed by atoms with E-state index >= 15 is 0 Å². The molecule has 1 saturated carbocycles. The number of nitrogens with zero attached hydrogens (tertiary/aromatic N) is 3. The lowest BCUT2D eigenvalue weighted by Crippen LogP contribution is -2.56. The van der Waals surface area contributed by atoms with Gasteiger partial charge in [-0.2, -0.15) is 0 Å². The van der Waals surface area contributed by atoms with Crippen LogP contribution in [0.4, 0.5) is 0 Å². The van der Waals surface area contributed by atoms with E-state index < -0.39 is 0 Å². The van der Waals surface area contributed by atoms with Crippen molar-refractivity contribution < 1.29 is 4.79 Å². The summed E-state index contributed by atoms with van der Waals surface area (Å²) in [7, 11) is 2.02. The fraction of sp³-hybridized carbons (Fsp3) is 0.579. The molecule has 1 aliphatic heterocycles. The Hall–Kier alpha value is -1.88. The van der Waals surface area contributed by atoms with Crippen molar-refractivity contribution in [2.75, 3.05) is 13.1 Å². The minimum atomic E-state index is -0.263. The lowest BCUT2D eigenvalue weighted by Gasteiger charge is -2.37. The average molecular weight is 326 g/mol. The summed E-state index contributed by atoms with van der Waals surface area (Å²) in [5.74, 6) is 1.12. The van der Waals surface area contributed by atoms with Crippen LogP contribution in [-0.4, -0.2) is 39.0 Å². The number of carbonyl (C=O) groups is 1. The van der Waals surface area contributed by atoms with E-state index in [-0.39, 0.29) is 11.4 Å². The number of rotatable bonds is 4. The Balaban J connectivity index is 1.51. The van der Waals surface area contributed by atoms with Gasteiger partial charge in [0.1, 0.15) is 11.4 Å². The second-order valence-corrected chi connectivity index (χ2v) is 7.19. The maximum atomic E-state index is 13.1. The van der Waals surface area contributed by atoms with Crippen molar-refractivity contribution in [1.82, 2.24) is 19.8 Å². The molecule has 4 rings (SSSR count).